The molecule has 6 nitrogen and oxygen atoms in total. The molecule has 0 bridgehead atoms. The molecule has 1 fully saturated rings. The number of hydrogen-bond donors (Lipinski definition) is 2. The number of hydrogen-bond acceptors (Lipinski definition) is 4. The van der Waals surface area contributed by atoms with Crippen molar-refractivity contribution in [3.8, 4) is 5.75 Å². The molecule has 0 unspecified atom stereocenters. The van der Waals surface area contributed by atoms with Crippen molar-refractivity contribution in [2.45, 2.75) is 50.9 Å². The summed E-state index contributed by atoms with van der Waals surface area (Å²) in [6.07, 6.45) is 4.53. The molecular weight excluding hydrogens is 332 g/mol. The number of carboxylic acid groups (broad SMARTS) is 1. The van der Waals surface area contributed by atoms with E-state index in [2.05, 4.69) is 22.1 Å². The van der Waals surface area contributed by atoms with E-state index in [1.807, 2.05) is 25.1 Å². The molecule has 2 aromatic rings. The van der Waals surface area contributed by atoms with Gasteiger partial charge in [-0.15, -0.1) is 0 Å². The van der Waals surface area contributed by atoms with Gasteiger partial charge in [-0.1, -0.05) is 50.1 Å². The second kappa shape index (κ2) is 8.17. The van der Waals surface area contributed by atoms with E-state index in [1.165, 1.54) is 5.56 Å². The molecule has 2 atom stereocenters. The summed E-state index contributed by atoms with van der Waals surface area (Å²) in [7, 11) is 0. The van der Waals surface area contributed by atoms with Gasteiger partial charge in [-0.3, -0.25) is 4.79 Å². The number of nitrogens with one attached hydrogen (secondary N) is 1. The summed E-state index contributed by atoms with van der Waals surface area (Å²) in [5.41, 5.74) is 0.388. The summed E-state index contributed by atoms with van der Waals surface area (Å²) >= 11 is 0. The second-order valence-corrected chi connectivity index (χ2v) is 6.69. The van der Waals surface area contributed by atoms with Crippen LogP contribution in [0.15, 0.2) is 35.1 Å². The number of H-pyrrole nitrogens is 1. The first-order valence-corrected chi connectivity index (χ1v) is 9.17. The number of aromatic nitrogens is 2. The molecule has 0 radical (unpaired) electrons. The largest absolute Gasteiger partial charge is 0.486 e. The fraction of sp³-hybridized carbons (Fsp3) is 0.450. The van der Waals surface area contributed by atoms with Gasteiger partial charge in [0.15, 0.2) is 5.69 Å². The molecule has 0 amide bonds. The molecule has 1 aliphatic rings. The number of carboxylic acids is 1. The zero-order chi connectivity index (χ0) is 18.5. The number of aromatic carboxylic acids is 1. The first-order chi connectivity index (χ1) is 12.6. The summed E-state index contributed by atoms with van der Waals surface area (Å²) in [6, 6.07) is 10.1. The number of unbranched alkanes of at least 4 members (excludes halogenated alkanes) is 1. The van der Waals surface area contributed by atoms with Gasteiger partial charge in [-0.25, -0.2) is 9.78 Å². The van der Waals surface area contributed by atoms with Crippen molar-refractivity contribution in [1.29, 1.82) is 0 Å². The summed E-state index contributed by atoms with van der Waals surface area (Å²) < 4.78 is 5.41. The minimum Gasteiger partial charge on any atom is -0.486 e. The number of aromatic amines is 1. The molecule has 1 aliphatic carbocycles. The quantitative estimate of drug-likeness (QED) is 0.738. The predicted octanol–water partition coefficient (Wildman–Crippen LogP) is 3.70. The van der Waals surface area contributed by atoms with E-state index in [0.717, 1.165) is 32.1 Å². The third kappa shape index (κ3) is 3.79. The molecule has 0 saturated heterocycles. The van der Waals surface area contributed by atoms with Gasteiger partial charge < -0.3 is 14.8 Å². The summed E-state index contributed by atoms with van der Waals surface area (Å²) in [5.74, 6) is -0.746. The molecular formula is C20H24N2O4. The average Bonchev–Trinajstić information content (AvgIpc) is 3.13. The van der Waals surface area contributed by atoms with Crippen molar-refractivity contribution < 1.29 is 14.6 Å². The zero-order valence-electron chi connectivity index (χ0n) is 14.9. The van der Waals surface area contributed by atoms with E-state index in [0.29, 0.717) is 12.4 Å². The van der Waals surface area contributed by atoms with Crippen LogP contribution in [-0.4, -0.2) is 27.7 Å². The van der Waals surface area contributed by atoms with Crippen LogP contribution in [0.3, 0.4) is 0 Å². The number of benzene rings is 1. The molecule has 3 rings (SSSR count). The fourth-order valence-electron chi connectivity index (χ4n) is 3.64. The highest BCUT2D eigenvalue weighted by molar-refractivity contribution is 5.88. The zero-order valence-corrected chi connectivity index (χ0v) is 14.9. The summed E-state index contributed by atoms with van der Waals surface area (Å²) in [6.45, 7) is 2.30. The number of nitrogens with zero attached hydrogens (tertiary/aromatic N) is 1. The monoisotopic (exact) mass is 356 g/mol. The van der Waals surface area contributed by atoms with E-state index in [1.54, 1.807) is 0 Å². The van der Waals surface area contributed by atoms with E-state index >= 15 is 0 Å². The molecule has 1 aromatic heterocycles. The molecule has 6 heteroatoms. The molecule has 0 spiro atoms. The van der Waals surface area contributed by atoms with Crippen molar-refractivity contribution in [2.75, 3.05) is 6.61 Å². The summed E-state index contributed by atoms with van der Waals surface area (Å²) in [5, 5.41) is 9.50. The lowest BCUT2D eigenvalue weighted by atomic mass is 9.88. The summed E-state index contributed by atoms with van der Waals surface area (Å²) in [4.78, 5) is 31.2. The van der Waals surface area contributed by atoms with Gasteiger partial charge >= 0.3 is 5.97 Å². The standard InChI is InChI=1S/C20H24N2O4/c1-2-3-12-26-17-16(20(24)25)21-18(22-19(17)23)15-11-7-10-14(15)13-8-5-4-6-9-13/h4-6,8-9,14-15H,2-3,7,10-12H2,1H3,(H,24,25)(H,21,22,23)/t14-,15-/m1/s1. The topological polar surface area (TPSA) is 92.3 Å². The molecule has 2 N–H and O–H groups in total. The highest BCUT2D eigenvalue weighted by atomic mass is 16.5. The Bertz CT molecular complexity index is 816. The Morgan fingerprint density at radius 1 is 1.27 bits per heavy atom. The Kier molecular flexibility index (Phi) is 5.71. The van der Waals surface area contributed by atoms with Crippen LogP contribution >= 0.6 is 0 Å². The first-order valence-electron chi connectivity index (χ1n) is 9.17. The van der Waals surface area contributed by atoms with Crippen LogP contribution in [0.4, 0.5) is 0 Å². The van der Waals surface area contributed by atoms with Crippen LogP contribution in [0.2, 0.25) is 0 Å². The lowest BCUT2D eigenvalue weighted by molar-refractivity contribution is 0.0684. The molecule has 1 aromatic carbocycles. The smallest absolute Gasteiger partial charge is 0.358 e. The van der Waals surface area contributed by atoms with E-state index in [9.17, 15) is 14.7 Å². The van der Waals surface area contributed by atoms with Gasteiger partial charge in [0.25, 0.3) is 5.56 Å². The van der Waals surface area contributed by atoms with Gasteiger partial charge in [-0.05, 0) is 30.7 Å². The highest BCUT2D eigenvalue weighted by Gasteiger charge is 2.33. The third-order valence-electron chi connectivity index (χ3n) is 4.94. The lowest BCUT2D eigenvalue weighted by Crippen LogP contribution is -2.23. The van der Waals surface area contributed by atoms with Gasteiger partial charge in [0.2, 0.25) is 5.75 Å². The third-order valence-corrected chi connectivity index (χ3v) is 4.94. The number of carbonyl (C=O) groups is 1. The Hall–Kier alpha value is -2.63. The molecule has 1 heterocycles. The van der Waals surface area contributed by atoms with Crippen molar-refractivity contribution in [2.24, 2.45) is 0 Å². The van der Waals surface area contributed by atoms with Crippen molar-refractivity contribution in [3.05, 3.63) is 57.8 Å². The normalized spacial score (nSPS) is 19.4. The van der Waals surface area contributed by atoms with Crippen LogP contribution in [0.1, 0.15) is 72.7 Å². The van der Waals surface area contributed by atoms with Gasteiger partial charge in [-0.2, -0.15) is 0 Å². The Morgan fingerprint density at radius 3 is 2.69 bits per heavy atom. The van der Waals surface area contributed by atoms with Crippen LogP contribution in [0.5, 0.6) is 5.75 Å². The second-order valence-electron chi connectivity index (χ2n) is 6.69. The van der Waals surface area contributed by atoms with Crippen molar-refractivity contribution >= 4 is 5.97 Å². The number of ether oxygens (including phenoxy) is 1. The molecule has 26 heavy (non-hydrogen) atoms. The highest BCUT2D eigenvalue weighted by Crippen LogP contribution is 2.44. The molecule has 138 valence electrons. The van der Waals surface area contributed by atoms with E-state index in [4.69, 9.17) is 4.74 Å². The maximum Gasteiger partial charge on any atom is 0.358 e. The average molecular weight is 356 g/mol. The van der Waals surface area contributed by atoms with E-state index in [-0.39, 0.29) is 23.3 Å². The minimum absolute atomic E-state index is 0.00731. The predicted molar refractivity (Wildman–Crippen MR) is 98.0 cm³/mol. The molecule has 0 aliphatic heterocycles. The molecule has 1 saturated carbocycles. The fourth-order valence-corrected chi connectivity index (χ4v) is 3.64. The Morgan fingerprint density at radius 2 is 2.00 bits per heavy atom. The van der Waals surface area contributed by atoms with Gasteiger partial charge in [0, 0.05) is 5.92 Å². The maximum absolute atomic E-state index is 12.5. The lowest BCUT2D eigenvalue weighted by Gasteiger charge is -2.20. The van der Waals surface area contributed by atoms with Crippen LogP contribution in [0, 0.1) is 0 Å². The van der Waals surface area contributed by atoms with Gasteiger partial charge in [0.05, 0.1) is 6.61 Å². The van der Waals surface area contributed by atoms with Crippen molar-refractivity contribution in [1.82, 2.24) is 9.97 Å². The first kappa shape index (κ1) is 18.2. The Balaban J connectivity index is 1.95. The Labute approximate surface area is 152 Å². The van der Waals surface area contributed by atoms with E-state index < -0.39 is 11.5 Å². The minimum atomic E-state index is -1.24. The van der Waals surface area contributed by atoms with Crippen LogP contribution in [0.25, 0.3) is 0 Å². The van der Waals surface area contributed by atoms with Crippen LogP contribution in [-0.2, 0) is 0 Å². The van der Waals surface area contributed by atoms with Crippen LogP contribution < -0.4 is 10.3 Å². The van der Waals surface area contributed by atoms with Gasteiger partial charge in [0.1, 0.15) is 5.82 Å². The number of rotatable bonds is 7. The SMILES string of the molecule is CCCCOc1c(C(=O)O)nc([C@@H]2CCC[C@@H]2c2ccccc2)[nH]c1=O. The maximum atomic E-state index is 12.5. The van der Waals surface area contributed by atoms with Crippen molar-refractivity contribution in [3.63, 3.8) is 0 Å².